The summed E-state index contributed by atoms with van der Waals surface area (Å²) in [5, 5.41) is 0.598. The molecule has 0 unspecified atom stereocenters. The van der Waals surface area contributed by atoms with E-state index in [1.807, 2.05) is 0 Å². The van der Waals surface area contributed by atoms with Crippen LogP contribution in [0.3, 0.4) is 0 Å². The highest BCUT2D eigenvalue weighted by molar-refractivity contribution is 6.49. The molecule has 0 aliphatic rings. The lowest BCUT2D eigenvalue weighted by Gasteiger charge is -2.07. The van der Waals surface area contributed by atoms with Crippen LogP contribution in [-0.2, 0) is 0 Å². The molecule has 0 aromatic heterocycles. The van der Waals surface area contributed by atoms with Gasteiger partial charge in [-0.05, 0) is 0 Å². The van der Waals surface area contributed by atoms with Gasteiger partial charge < -0.3 is 0 Å². The maximum atomic E-state index is 5.84. The molecule has 0 aliphatic heterocycles. The van der Waals surface area contributed by atoms with E-state index in [9.17, 15) is 0 Å². The molecule has 0 radical (unpaired) electrons. The maximum Gasteiger partial charge on any atom is 0.0777 e. The summed E-state index contributed by atoms with van der Waals surface area (Å²) < 4.78 is 0. The van der Waals surface area contributed by atoms with Crippen LogP contribution >= 0.6 is 46.4 Å². The zero-order chi connectivity index (χ0) is 10.9. The van der Waals surface area contributed by atoms with E-state index in [0.717, 1.165) is 0 Å². The second-order valence-electron chi connectivity index (χ2n) is 2.29. The molecule has 0 saturated carbocycles. The normalized spacial score (nSPS) is 9.29. The van der Waals surface area contributed by atoms with Crippen LogP contribution in [0.15, 0.2) is 0 Å². The van der Waals surface area contributed by atoms with E-state index in [1.165, 1.54) is 0 Å². The maximum absolute atomic E-state index is 5.84. The molecule has 1 rings (SSSR count). The SMILES string of the molecule is C#Cc1c(Cl)c(Cl)c(C#C)c(Cl)c1Cl. The zero-order valence-electron chi connectivity index (χ0n) is 6.67. The van der Waals surface area contributed by atoms with E-state index in [2.05, 4.69) is 11.8 Å². The Morgan fingerprint density at radius 3 is 1.00 bits per heavy atom. The van der Waals surface area contributed by atoms with Crippen molar-refractivity contribution in [3.8, 4) is 24.7 Å². The molecule has 0 fully saturated rings. The Balaban J connectivity index is 3.77. The Hall–Kier alpha value is -0.500. The number of hydrogen-bond donors (Lipinski definition) is 0. The minimum atomic E-state index is 0.150. The fourth-order valence-corrected chi connectivity index (χ4v) is 1.96. The number of benzene rings is 1. The van der Waals surface area contributed by atoms with Crippen LogP contribution in [0.4, 0.5) is 0 Å². The minimum Gasteiger partial charge on any atom is -0.115 e. The summed E-state index contributed by atoms with van der Waals surface area (Å²) in [6.07, 6.45) is 10.4. The van der Waals surface area contributed by atoms with Crippen molar-refractivity contribution < 1.29 is 0 Å². The largest absolute Gasteiger partial charge is 0.115 e. The molecule has 0 saturated heterocycles. The molecule has 0 amide bonds. The second kappa shape index (κ2) is 4.35. The zero-order valence-corrected chi connectivity index (χ0v) is 9.69. The second-order valence-corrected chi connectivity index (χ2v) is 3.81. The molecule has 0 N–H and O–H groups in total. The molecule has 0 nitrogen and oxygen atoms in total. The molecule has 4 heteroatoms. The van der Waals surface area contributed by atoms with E-state index >= 15 is 0 Å². The first-order chi connectivity index (χ1) is 6.54. The summed E-state index contributed by atoms with van der Waals surface area (Å²) in [7, 11) is 0. The average Bonchev–Trinajstić information content (AvgIpc) is 2.17. The summed E-state index contributed by atoms with van der Waals surface area (Å²) in [5.74, 6) is 4.59. The van der Waals surface area contributed by atoms with Crippen molar-refractivity contribution in [1.29, 1.82) is 0 Å². The van der Waals surface area contributed by atoms with Gasteiger partial charge in [-0.3, -0.25) is 0 Å². The van der Waals surface area contributed by atoms with Gasteiger partial charge in [-0.25, -0.2) is 0 Å². The average molecular weight is 264 g/mol. The molecule has 70 valence electrons. The number of terminal acetylenes is 2. The Kier molecular flexibility index (Phi) is 3.59. The first-order valence-corrected chi connectivity index (χ1v) is 4.85. The fraction of sp³-hybridized carbons (Fsp3) is 0. The van der Waals surface area contributed by atoms with Gasteiger partial charge in [-0.2, -0.15) is 0 Å². The van der Waals surface area contributed by atoms with Gasteiger partial charge in [0.2, 0.25) is 0 Å². The first kappa shape index (κ1) is 11.6. The highest BCUT2D eigenvalue weighted by Gasteiger charge is 2.17. The van der Waals surface area contributed by atoms with Crippen LogP contribution < -0.4 is 0 Å². The molecule has 0 heterocycles. The number of rotatable bonds is 0. The Bertz CT molecular complexity index is 400. The van der Waals surface area contributed by atoms with Crippen molar-refractivity contribution in [3.63, 3.8) is 0 Å². The van der Waals surface area contributed by atoms with E-state index in [0.29, 0.717) is 0 Å². The Morgan fingerprint density at radius 1 is 0.643 bits per heavy atom. The summed E-state index contributed by atoms with van der Waals surface area (Å²) >= 11 is 23.4. The molecule has 0 atom stereocenters. The van der Waals surface area contributed by atoms with Gasteiger partial charge in [-0.15, -0.1) is 12.8 Å². The van der Waals surface area contributed by atoms with Crippen molar-refractivity contribution in [2.24, 2.45) is 0 Å². The third-order valence-electron chi connectivity index (χ3n) is 1.55. The third kappa shape index (κ3) is 1.68. The number of halogens is 4. The standard InChI is InChI=1S/C10H2Cl4/c1-3-5-7(11)9(13)6(4-2)10(14)8(5)12/h1-2H. The quantitative estimate of drug-likeness (QED) is 0.485. The monoisotopic (exact) mass is 262 g/mol. The predicted molar refractivity (Wildman–Crippen MR) is 62.4 cm³/mol. The topological polar surface area (TPSA) is 0 Å². The van der Waals surface area contributed by atoms with Crippen LogP contribution in [-0.4, -0.2) is 0 Å². The Morgan fingerprint density at radius 2 is 0.857 bits per heavy atom. The van der Waals surface area contributed by atoms with Gasteiger partial charge >= 0.3 is 0 Å². The molecule has 0 spiro atoms. The van der Waals surface area contributed by atoms with E-state index < -0.39 is 0 Å². The summed E-state index contributed by atoms with van der Waals surface area (Å²) in [4.78, 5) is 0. The van der Waals surface area contributed by atoms with Crippen molar-refractivity contribution >= 4 is 46.4 Å². The van der Waals surface area contributed by atoms with E-state index in [4.69, 9.17) is 59.3 Å². The molecule has 0 bridgehead atoms. The van der Waals surface area contributed by atoms with Crippen molar-refractivity contribution in [2.75, 3.05) is 0 Å². The minimum absolute atomic E-state index is 0.150. The van der Waals surface area contributed by atoms with Crippen LogP contribution in [0.2, 0.25) is 20.1 Å². The molecule has 14 heavy (non-hydrogen) atoms. The van der Waals surface area contributed by atoms with Gasteiger partial charge in [0.25, 0.3) is 0 Å². The summed E-state index contributed by atoms with van der Waals surface area (Å²) in [5.41, 5.74) is 0.504. The van der Waals surface area contributed by atoms with Crippen LogP contribution in [0.25, 0.3) is 0 Å². The van der Waals surface area contributed by atoms with Crippen molar-refractivity contribution in [3.05, 3.63) is 31.2 Å². The van der Waals surface area contributed by atoms with Gasteiger partial charge in [0.15, 0.2) is 0 Å². The summed E-state index contributed by atoms with van der Waals surface area (Å²) in [6, 6.07) is 0. The van der Waals surface area contributed by atoms with Gasteiger partial charge in [0.05, 0.1) is 31.2 Å². The highest BCUT2D eigenvalue weighted by atomic mass is 35.5. The van der Waals surface area contributed by atoms with Gasteiger partial charge in [-0.1, -0.05) is 58.2 Å². The first-order valence-electron chi connectivity index (χ1n) is 3.33. The van der Waals surface area contributed by atoms with E-state index in [1.54, 1.807) is 0 Å². The molecule has 1 aromatic carbocycles. The third-order valence-corrected chi connectivity index (χ3v) is 3.26. The van der Waals surface area contributed by atoms with Gasteiger partial charge in [0.1, 0.15) is 0 Å². The van der Waals surface area contributed by atoms with Crippen molar-refractivity contribution in [1.82, 2.24) is 0 Å². The number of hydrogen-bond acceptors (Lipinski definition) is 0. The molecule has 0 aliphatic carbocycles. The molecular weight excluding hydrogens is 262 g/mol. The van der Waals surface area contributed by atoms with E-state index in [-0.39, 0.29) is 31.2 Å². The highest BCUT2D eigenvalue weighted by Crippen LogP contribution is 2.40. The lowest BCUT2D eigenvalue weighted by atomic mass is 10.1. The van der Waals surface area contributed by atoms with Gasteiger partial charge in [0, 0.05) is 0 Å². The molecule has 1 aromatic rings. The predicted octanol–water partition coefficient (Wildman–Crippen LogP) is 4.26. The Labute approximate surface area is 102 Å². The smallest absolute Gasteiger partial charge is 0.0777 e. The van der Waals surface area contributed by atoms with Crippen LogP contribution in [0.1, 0.15) is 11.1 Å². The molecular formula is C10H2Cl4. The fourth-order valence-electron chi connectivity index (χ4n) is 0.885. The summed E-state index contributed by atoms with van der Waals surface area (Å²) in [6.45, 7) is 0. The van der Waals surface area contributed by atoms with Crippen LogP contribution in [0, 0.1) is 24.7 Å². The van der Waals surface area contributed by atoms with Crippen molar-refractivity contribution in [2.45, 2.75) is 0 Å². The van der Waals surface area contributed by atoms with Crippen LogP contribution in [0.5, 0.6) is 0 Å². The lowest BCUT2D eigenvalue weighted by Crippen LogP contribution is -1.89. The lowest BCUT2D eigenvalue weighted by molar-refractivity contribution is 1.59.